The van der Waals surface area contributed by atoms with Gasteiger partial charge in [-0.2, -0.15) is 0 Å². The van der Waals surface area contributed by atoms with Crippen molar-refractivity contribution in [3.05, 3.63) is 47.4 Å². The molecule has 0 unspecified atom stereocenters. The summed E-state index contributed by atoms with van der Waals surface area (Å²) in [4.78, 5) is 12.1. The molecule has 0 aliphatic heterocycles. The highest BCUT2D eigenvalue weighted by Gasteiger charge is 2.16. The topological polar surface area (TPSA) is 90.4 Å². The van der Waals surface area contributed by atoms with Crippen LogP contribution < -0.4 is 10.1 Å². The normalized spacial score (nSPS) is 10.6. The third kappa shape index (κ3) is 3.45. The molecule has 7 nitrogen and oxygen atoms in total. The zero-order valence-corrected chi connectivity index (χ0v) is 13.6. The van der Waals surface area contributed by atoms with Crippen LogP contribution in [0.5, 0.6) is 5.75 Å². The summed E-state index contributed by atoms with van der Waals surface area (Å²) in [6.45, 7) is 3.65. The highest BCUT2D eigenvalue weighted by molar-refractivity contribution is 5.90. The highest BCUT2D eigenvalue weighted by atomic mass is 16.5. The van der Waals surface area contributed by atoms with Gasteiger partial charge in [-0.05, 0) is 37.6 Å². The van der Waals surface area contributed by atoms with Gasteiger partial charge in [0.15, 0.2) is 0 Å². The molecule has 24 heavy (non-hydrogen) atoms. The van der Waals surface area contributed by atoms with Crippen molar-refractivity contribution in [2.75, 3.05) is 12.4 Å². The van der Waals surface area contributed by atoms with E-state index in [4.69, 9.17) is 13.6 Å². The summed E-state index contributed by atoms with van der Waals surface area (Å²) < 4.78 is 16.1. The van der Waals surface area contributed by atoms with Crippen LogP contribution >= 0.6 is 0 Å². The number of carbonyl (C=O) groups excluding carboxylic acids is 1. The maximum atomic E-state index is 12.1. The first-order valence-corrected chi connectivity index (χ1v) is 7.39. The van der Waals surface area contributed by atoms with Crippen LogP contribution in [0.3, 0.4) is 0 Å². The van der Waals surface area contributed by atoms with Gasteiger partial charge in [-0.3, -0.25) is 10.1 Å². The van der Waals surface area contributed by atoms with Crippen molar-refractivity contribution < 1.29 is 18.4 Å². The summed E-state index contributed by atoms with van der Waals surface area (Å²) in [7, 11) is 1.58. The summed E-state index contributed by atoms with van der Waals surface area (Å²) >= 11 is 0. The van der Waals surface area contributed by atoms with Crippen molar-refractivity contribution in [3.63, 3.8) is 0 Å². The molecule has 0 saturated heterocycles. The molecule has 0 bridgehead atoms. The lowest BCUT2D eigenvalue weighted by Crippen LogP contribution is -2.14. The van der Waals surface area contributed by atoms with Gasteiger partial charge in [0.2, 0.25) is 5.91 Å². The first-order valence-electron chi connectivity index (χ1n) is 7.39. The number of rotatable bonds is 5. The minimum Gasteiger partial charge on any atom is -0.497 e. The molecule has 2 heterocycles. The van der Waals surface area contributed by atoms with Crippen LogP contribution in [-0.4, -0.2) is 23.2 Å². The van der Waals surface area contributed by atoms with Gasteiger partial charge >= 0.3 is 6.01 Å². The second kappa shape index (κ2) is 6.57. The standard InChI is InChI=1S/C17H17N3O4/c1-10-7-14(11(2)23-10)16-19-20-17(24-16)18-15(21)9-12-5-4-6-13(8-12)22-3/h4-8H,9H2,1-3H3,(H,18,20,21). The summed E-state index contributed by atoms with van der Waals surface area (Å²) in [5.74, 6) is 2.19. The van der Waals surface area contributed by atoms with E-state index in [-0.39, 0.29) is 18.3 Å². The van der Waals surface area contributed by atoms with Crippen LogP contribution in [0, 0.1) is 13.8 Å². The van der Waals surface area contributed by atoms with Crippen molar-refractivity contribution in [3.8, 4) is 17.2 Å². The summed E-state index contributed by atoms with van der Waals surface area (Å²) in [5, 5.41) is 10.4. The van der Waals surface area contributed by atoms with E-state index in [0.717, 1.165) is 11.3 Å². The third-order valence-corrected chi connectivity index (χ3v) is 3.44. The Bertz CT molecular complexity index is 866. The van der Waals surface area contributed by atoms with Crippen molar-refractivity contribution in [2.45, 2.75) is 20.3 Å². The lowest BCUT2D eigenvalue weighted by Gasteiger charge is -2.03. The van der Waals surface area contributed by atoms with Gasteiger partial charge in [-0.15, -0.1) is 5.10 Å². The molecule has 1 aromatic carbocycles. The zero-order valence-electron chi connectivity index (χ0n) is 13.6. The van der Waals surface area contributed by atoms with E-state index in [9.17, 15) is 4.79 Å². The van der Waals surface area contributed by atoms with Gasteiger partial charge in [0.05, 0.1) is 19.1 Å². The minimum absolute atomic E-state index is 0.0520. The highest BCUT2D eigenvalue weighted by Crippen LogP contribution is 2.26. The predicted molar refractivity (Wildman–Crippen MR) is 86.8 cm³/mol. The van der Waals surface area contributed by atoms with Gasteiger partial charge in [0, 0.05) is 0 Å². The Balaban J connectivity index is 1.68. The SMILES string of the molecule is COc1cccc(CC(=O)Nc2nnc(-c3cc(C)oc3C)o2)c1. The fraction of sp³-hybridized carbons (Fsp3) is 0.235. The van der Waals surface area contributed by atoms with Crippen molar-refractivity contribution in [1.82, 2.24) is 10.2 Å². The molecular formula is C17H17N3O4. The van der Waals surface area contributed by atoms with Crippen LogP contribution in [0.1, 0.15) is 17.1 Å². The number of anilines is 1. The quantitative estimate of drug-likeness (QED) is 0.774. The number of amides is 1. The van der Waals surface area contributed by atoms with Crippen LogP contribution in [0.15, 0.2) is 39.2 Å². The van der Waals surface area contributed by atoms with E-state index in [1.165, 1.54) is 0 Å². The number of furan rings is 1. The fourth-order valence-electron chi connectivity index (χ4n) is 2.36. The van der Waals surface area contributed by atoms with E-state index in [1.54, 1.807) is 13.2 Å². The Hall–Kier alpha value is -3.09. The summed E-state index contributed by atoms with van der Waals surface area (Å²) in [6.07, 6.45) is 0.179. The third-order valence-electron chi connectivity index (χ3n) is 3.44. The van der Waals surface area contributed by atoms with Crippen LogP contribution in [0.25, 0.3) is 11.5 Å². The Morgan fingerprint density at radius 1 is 1.21 bits per heavy atom. The largest absolute Gasteiger partial charge is 0.497 e. The van der Waals surface area contributed by atoms with Gasteiger partial charge in [0.25, 0.3) is 5.89 Å². The summed E-state index contributed by atoms with van der Waals surface area (Å²) in [6, 6.07) is 9.16. The number of methoxy groups -OCH3 is 1. The molecule has 3 aromatic rings. The van der Waals surface area contributed by atoms with Gasteiger partial charge in [-0.25, -0.2) is 0 Å². The predicted octanol–water partition coefficient (Wildman–Crippen LogP) is 3.14. The van der Waals surface area contributed by atoms with E-state index >= 15 is 0 Å². The molecule has 124 valence electrons. The first-order chi connectivity index (χ1) is 11.5. The molecule has 0 aliphatic rings. The number of carbonyl (C=O) groups is 1. The Morgan fingerprint density at radius 2 is 2.04 bits per heavy atom. The monoisotopic (exact) mass is 327 g/mol. The number of aromatic nitrogens is 2. The van der Waals surface area contributed by atoms with Crippen LogP contribution in [0.4, 0.5) is 6.01 Å². The van der Waals surface area contributed by atoms with Crippen molar-refractivity contribution >= 4 is 11.9 Å². The Kier molecular flexibility index (Phi) is 4.33. The summed E-state index contributed by atoms with van der Waals surface area (Å²) in [5.41, 5.74) is 1.54. The molecule has 0 radical (unpaired) electrons. The van der Waals surface area contributed by atoms with E-state index in [1.807, 2.05) is 38.1 Å². The lowest BCUT2D eigenvalue weighted by molar-refractivity contribution is -0.115. The first kappa shape index (κ1) is 15.8. The molecule has 0 atom stereocenters. The van der Waals surface area contributed by atoms with Crippen LogP contribution in [-0.2, 0) is 11.2 Å². The molecule has 2 aromatic heterocycles. The Labute approximate surface area is 138 Å². The van der Waals surface area contributed by atoms with Crippen molar-refractivity contribution in [2.24, 2.45) is 0 Å². The number of hydrogen-bond donors (Lipinski definition) is 1. The number of aryl methyl sites for hydroxylation is 2. The molecule has 0 fully saturated rings. The molecule has 7 heteroatoms. The van der Waals surface area contributed by atoms with E-state index < -0.39 is 0 Å². The molecule has 1 amide bonds. The average molecular weight is 327 g/mol. The number of ether oxygens (including phenoxy) is 1. The fourth-order valence-corrected chi connectivity index (χ4v) is 2.36. The molecule has 0 saturated carbocycles. The number of benzene rings is 1. The second-order valence-electron chi connectivity index (χ2n) is 5.32. The maximum absolute atomic E-state index is 12.1. The van der Waals surface area contributed by atoms with Gasteiger partial charge in [-0.1, -0.05) is 17.2 Å². The zero-order chi connectivity index (χ0) is 17.1. The molecule has 0 aliphatic carbocycles. The van der Waals surface area contributed by atoms with Gasteiger partial charge in [0.1, 0.15) is 17.3 Å². The molecule has 0 spiro atoms. The van der Waals surface area contributed by atoms with Gasteiger partial charge < -0.3 is 13.6 Å². The maximum Gasteiger partial charge on any atom is 0.322 e. The van der Waals surface area contributed by atoms with Crippen LogP contribution in [0.2, 0.25) is 0 Å². The molecular weight excluding hydrogens is 310 g/mol. The Morgan fingerprint density at radius 3 is 2.75 bits per heavy atom. The number of nitrogens with one attached hydrogen (secondary N) is 1. The smallest absolute Gasteiger partial charge is 0.322 e. The molecule has 1 N–H and O–H groups in total. The number of nitrogens with zero attached hydrogens (tertiary/aromatic N) is 2. The molecule has 3 rings (SSSR count). The van der Waals surface area contributed by atoms with E-state index in [2.05, 4.69) is 15.5 Å². The van der Waals surface area contributed by atoms with E-state index in [0.29, 0.717) is 23.0 Å². The second-order valence-corrected chi connectivity index (χ2v) is 5.32. The minimum atomic E-state index is -0.251. The average Bonchev–Trinajstić information content (AvgIpc) is 3.13. The van der Waals surface area contributed by atoms with Crippen molar-refractivity contribution in [1.29, 1.82) is 0 Å². The number of hydrogen-bond acceptors (Lipinski definition) is 6. The lowest BCUT2D eigenvalue weighted by atomic mass is 10.1.